The fourth-order valence-corrected chi connectivity index (χ4v) is 3.56. The number of hydrogen-bond acceptors (Lipinski definition) is 7. The van der Waals surface area contributed by atoms with Crippen LogP contribution in [0, 0.1) is 0 Å². The molecule has 0 atom stereocenters. The van der Waals surface area contributed by atoms with Crippen LogP contribution in [0.25, 0.3) is 11.3 Å². The van der Waals surface area contributed by atoms with Gasteiger partial charge in [0, 0.05) is 50.6 Å². The zero-order valence-corrected chi connectivity index (χ0v) is 17.3. The quantitative estimate of drug-likeness (QED) is 0.598. The Morgan fingerprint density at radius 2 is 1.93 bits per heavy atom. The molecule has 1 fully saturated rings. The molecular weight excluding hydrogens is 376 g/mol. The summed E-state index contributed by atoms with van der Waals surface area (Å²) in [4.78, 5) is 15.7. The number of benzene rings is 1. The Morgan fingerprint density at radius 3 is 2.73 bits per heavy atom. The largest absolute Gasteiger partial charge is 0.494 e. The Morgan fingerprint density at radius 1 is 1.07 bits per heavy atom. The molecule has 7 nitrogen and oxygen atoms in total. The average molecular weight is 405 g/mol. The lowest BCUT2D eigenvalue weighted by atomic mass is 10.1. The highest BCUT2D eigenvalue weighted by molar-refractivity contribution is 5.62. The van der Waals surface area contributed by atoms with Crippen molar-refractivity contribution >= 4 is 11.6 Å². The molecule has 0 saturated carbocycles. The second-order valence-corrected chi connectivity index (χ2v) is 7.15. The smallest absolute Gasteiger partial charge is 0.129 e. The van der Waals surface area contributed by atoms with Crippen LogP contribution >= 0.6 is 0 Å². The molecule has 0 spiro atoms. The van der Waals surface area contributed by atoms with E-state index in [0.717, 1.165) is 67.8 Å². The van der Waals surface area contributed by atoms with Crippen molar-refractivity contribution in [2.45, 2.75) is 13.3 Å². The summed E-state index contributed by atoms with van der Waals surface area (Å²) < 4.78 is 5.70. The minimum atomic E-state index is 0.668. The summed E-state index contributed by atoms with van der Waals surface area (Å²) in [5, 5.41) is 6.76. The van der Waals surface area contributed by atoms with E-state index >= 15 is 0 Å². The Kier molecular flexibility index (Phi) is 6.72. The minimum absolute atomic E-state index is 0.668. The first kappa shape index (κ1) is 20.1. The van der Waals surface area contributed by atoms with Crippen molar-refractivity contribution in [3.8, 4) is 17.0 Å². The van der Waals surface area contributed by atoms with Crippen LogP contribution in [0.15, 0.2) is 55.0 Å². The summed E-state index contributed by atoms with van der Waals surface area (Å²) in [7, 11) is 0. The molecule has 4 rings (SSSR count). The summed E-state index contributed by atoms with van der Waals surface area (Å²) in [6, 6.07) is 14.3. The van der Waals surface area contributed by atoms with Gasteiger partial charge in [-0.15, -0.1) is 0 Å². The first-order valence-corrected chi connectivity index (χ1v) is 10.5. The maximum Gasteiger partial charge on any atom is 0.129 e. The number of para-hydroxylation sites is 1. The van der Waals surface area contributed by atoms with Crippen LogP contribution in [0.1, 0.15) is 12.5 Å². The number of hydrogen-bond donors (Lipinski definition) is 2. The van der Waals surface area contributed by atoms with Crippen molar-refractivity contribution in [2.75, 3.05) is 49.5 Å². The van der Waals surface area contributed by atoms with Gasteiger partial charge in [-0.25, -0.2) is 15.0 Å². The third kappa shape index (κ3) is 5.04. The third-order valence-electron chi connectivity index (χ3n) is 5.12. The summed E-state index contributed by atoms with van der Waals surface area (Å²) in [6.07, 6.45) is 4.34. The van der Waals surface area contributed by atoms with Crippen LogP contribution < -0.4 is 20.3 Å². The highest BCUT2D eigenvalue weighted by Crippen LogP contribution is 2.22. The molecule has 7 heteroatoms. The molecule has 0 unspecified atom stereocenters. The number of piperazine rings is 1. The molecular formula is C23H28N6O. The van der Waals surface area contributed by atoms with E-state index < -0.39 is 0 Å². The zero-order valence-electron chi connectivity index (χ0n) is 17.3. The summed E-state index contributed by atoms with van der Waals surface area (Å²) in [5.41, 5.74) is 3.04. The minimum Gasteiger partial charge on any atom is -0.494 e. The van der Waals surface area contributed by atoms with Gasteiger partial charge in [0.2, 0.25) is 0 Å². The Labute approximate surface area is 177 Å². The highest BCUT2D eigenvalue weighted by Gasteiger charge is 2.12. The fraction of sp³-hybridized carbons (Fsp3) is 0.348. The molecule has 1 aromatic carbocycles. The average Bonchev–Trinajstić information content (AvgIpc) is 2.81. The molecule has 3 aromatic rings. The van der Waals surface area contributed by atoms with E-state index in [9.17, 15) is 0 Å². The van der Waals surface area contributed by atoms with Crippen LogP contribution in [-0.2, 0) is 6.42 Å². The first-order valence-electron chi connectivity index (χ1n) is 10.5. The summed E-state index contributed by atoms with van der Waals surface area (Å²) in [6.45, 7) is 7.41. The Bertz CT molecular complexity index is 940. The normalized spacial score (nSPS) is 13.8. The molecule has 1 saturated heterocycles. The Balaban J connectivity index is 1.38. The van der Waals surface area contributed by atoms with E-state index in [2.05, 4.69) is 48.7 Å². The maximum atomic E-state index is 5.70. The van der Waals surface area contributed by atoms with E-state index in [4.69, 9.17) is 4.74 Å². The number of aromatic nitrogens is 3. The molecule has 3 heterocycles. The molecule has 2 aromatic heterocycles. The number of nitrogens with zero attached hydrogens (tertiary/aromatic N) is 4. The topological polar surface area (TPSA) is 75.2 Å². The van der Waals surface area contributed by atoms with Crippen LogP contribution in [0.5, 0.6) is 5.75 Å². The second kappa shape index (κ2) is 10.0. The number of pyridine rings is 1. The van der Waals surface area contributed by atoms with Gasteiger partial charge in [0.25, 0.3) is 0 Å². The van der Waals surface area contributed by atoms with E-state index in [0.29, 0.717) is 6.61 Å². The Hall–Kier alpha value is -3.19. The SMILES string of the molecule is CCOc1ccccc1CCNc1cc(-c2ccc(N3CCNCC3)nc2)ncn1. The van der Waals surface area contributed by atoms with Crippen molar-refractivity contribution in [2.24, 2.45) is 0 Å². The molecule has 1 aliphatic rings. The molecule has 0 bridgehead atoms. The van der Waals surface area contributed by atoms with E-state index in [1.54, 1.807) is 6.33 Å². The predicted molar refractivity (Wildman–Crippen MR) is 120 cm³/mol. The molecule has 2 N–H and O–H groups in total. The molecule has 0 aliphatic carbocycles. The predicted octanol–water partition coefficient (Wildman–Crippen LogP) is 3.00. The zero-order chi connectivity index (χ0) is 20.6. The van der Waals surface area contributed by atoms with Gasteiger partial charge < -0.3 is 20.3 Å². The van der Waals surface area contributed by atoms with Gasteiger partial charge in [-0.3, -0.25) is 0 Å². The monoisotopic (exact) mass is 404 g/mol. The van der Waals surface area contributed by atoms with Crippen molar-refractivity contribution in [1.29, 1.82) is 0 Å². The van der Waals surface area contributed by atoms with Crippen molar-refractivity contribution in [3.63, 3.8) is 0 Å². The van der Waals surface area contributed by atoms with Gasteiger partial charge in [-0.1, -0.05) is 18.2 Å². The van der Waals surface area contributed by atoms with E-state index in [1.165, 1.54) is 5.56 Å². The lowest BCUT2D eigenvalue weighted by molar-refractivity contribution is 0.336. The molecule has 1 aliphatic heterocycles. The lowest BCUT2D eigenvalue weighted by Crippen LogP contribution is -2.43. The molecule has 30 heavy (non-hydrogen) atoms. The van der Waals surface area contributed by atoms with Gasteiger partial charge in [0.05, 0.1) is 12.3 Å². The molecule has 0 amide bonds. The fourth-order valence-electron chi connectivity index (χ4n) is 3.56. The maximum absolute atomic E-state index is 5.70. The molecule has 0 radical (unpaired) electrons. The molecule has 156 valence electrons. The van der Waals surface area contributed by atoms with Gasteiger partial charge in [-0.05, 0) is 37.1 Å². The summed E-state index contributed by atoms with van der Waals surface area (Å²) in [5.74, 6) is 2.77. The van der Waals surface area contributed by atoms with Crippen molar-refractivity contribution in [1.82, 2.24) is 20.3 Å². The van der Waals surface area contributed by atoms with Crippen LogP contribution in [-0.4, -0.2) is 54.3 Å². The van der Waals surface area contributed by atoms with Crippen molar-refractivity contribution < 1.29 is 4.74 Å². The van der Waals surface area contributed by atoms with Gasteiger partial charge in [0.1, 0.15) is 23.7 Å². The van der Waals surface area contributed by atoms with Crippen LogP contribution in [0.4, 0.5) is 11.6 Å². The van der Waals surface area contributed by atoms with Gasteiger partial charge in [-0.2, -0.15) is 0 Å². The van der Waals surface area contributed by atoms with Crippen LogP contribution in [0.2, 0.25) is 0 Å². The van der Waals surface area contributed by atoms with Gasteiger partial charge in [0.15, 0.2) is 0 Å². The second-order valence-electron chi connectivity index (χ2n) is 7.15. The van der Waals surface area contributed by atoms with E-state index in [-0.39, 0.29) is 0 Å². The number of rotatable bonds is 8. The standard InChI is InChI=1S/C23H28N6O/c1-2-30-21-6-4-3-5-18(21)9-10-25-22-15-20(27-17-28-22)19-7-8-23(26-16-19)29-13-11-24-12-14-29/h3-8,15-17,24H,2,9-14H2,1H3,(H,25,27,28). The number of anilines is 2. The lowest BCUT2D eigenvalue weighted by Gasteiger charge is -2.28. The summed E-state index contributed by atoms with van der Waals surface area (Å²) >= 11 is 0. The third-order valence-corrected chi connectivity index (χ3v) is 5.12. The van der Waals surface area contributed by atoms with E-state index in [1.807, 2.05) is 37.4 Å². The highest BCUT2D eigenvalue weighted by atomic mass is 16.5. The van der Waals surface area contributed by atoms with Gasteiger partial charge >= 0.3 is 0 Å². The number of nitrogens with one attached hydrogen (secondary N) is 2. The van der Waals surface area contributed by atoms with Crippen molar-refractivity contribution in [3.05, 3.63) is 60.6 Å². The first-order chi connectivity index (χ1) is 14.8. The van der Waals surface area contributed by atoms with Crippen LogP contribution in [0.3, 0.4) is 0 Å². The number of ether oxygens (including phenoxy) is 1.